The number of thiocarbonyl (C=S) groups is 1. The van der Waals surface area contributed by atoms with Gasteiger partial charge in [-0.2, -0.15) is 0 Å². The van der Waals surface area contributed by atoms with Crippen molar-refractivity contribution in [3.8, 4) is 5.75 Å². The average Bonchev–Trinajstić information content (AvgIpc) is 2.78. The monoisotopic (exact) mass is 552 g/mol. The topological polar surface area (TPSA) is 33.3 Å². The quantitative estimate of drug-likeness (QED) is 0.215. The second-order valence-corrected chi connectivity index (χ2v) is 11.5. The highest BCUT2D eigenvalue weighted by atomic mass is 79.9. The molecule has 0 amide bonds. The van der Waals surface area contributed by atoms with E-state index in [1.807, 2.05) is 18.2 Å². The van der Waals surface area contributed by atoms with Crippen LogP contribution in [-0.2, 0) is 10.8 Å². The van der Waals surface area contributed by atoms with Gasteiger partial charge in [-0.25, -0.2) is 0 Å². The van der Waals surface area contributed by atoms with Crippen molar-refractivity contribution < 1.29 is 4.74 Å². The van der Waals surface area contributed by atoms with Crippen molar-refractivity contribution in [3.05, 3.63) is 57.0 Å². The molecule has 2 aromatic rings. The first-order chi connectivity index (χ1) is 15.5. The Morgan fingerprint density at radius 2 is 1.70 bits per heavy atom. The number of nitrogens with one attached hydrogen (secondary N) is 2. The van der Waals surface area contributed by atoms with Gasteiger partial charge in [0, 0.05) is 16.6 Å². The fraction of sp³-hybridized carbons (Fsp3) is 0.519. The van der Waals surface area contributed by atoms with Gasteiger partial charge in [0.25, 0.3) is 0 Å². The predicted octanol–water partition coefficient (Wildman–Crippen LogP) is 8.62. The van der Waals surface area contributed by atoms with E-state index in [1.165, 1.54) is 11.1 Å². The zero-order valence-corrected chi connectivity index (χ0v) is 23.9. The van der Waals surface area contributed by atoms with Gasteiger partial charge in [-0.15, -0.1) is 0 Å². The highest BCUT2D eigenvalue weighted by Crippen LogP contribution is 2.38. The maximum atomic E-state index is 6.26. The Bertz CT molecular complexity index is 946. The molecule has 0 fully saturated rings. The van der Waals surface area contributed by atoms with Crippen LogP contribution in [0, 0.1) is 0 Å². The number of rotatable bonds is 11. The standard InChI is InChI=1S/C27H38BrClN2OS/c1-7-26(3,4)19-11-14-24(21(17-19)27(5,6)8-2)32-16-10-9-15-30-25(33)31-23-13-12-20(28)18-22(23)29/h11-14,17-18H,7-10,15-16H2,1-6H3,(H2,30,31,33). The van der Waals surface area contributed by atoms with Gasteiger partial charge in [0.15, 0.2) is 5.11 Å². The molecule has 0 unspecified atom stereocenters. The molecular formula is C27H38BrClN2OS. The van der Waals surface area contributed by atoms with Crippen LogP contribution in [0.2, 0.25) is 5.02 Å². The second-order valence-electron chi connectivity index (χ2n) is 9.75. The Morgan fingerprint density at radius 3 is 2.33 bits per heavy atom. The summed E-state index contributed by atoms with van der Waals surface area (Å²) in [6.07, 6.45) is 4.08. The number of halogens is 2. The molecule has 33 heavy (non-hydrogen) atoms. The highest BCUT2D eigenvalue weighted by Gasteiger charge is 2.26. The van der Waals surface area contributed by atoms with E-state index in [-0.39, 0.29) is 10.8 Å². The van der Waals surface area contributed by atoms with E-state index in [1.54, 1.807) is 0 Å². The van der Waals surface area contributed by atoms with Gasteiger partial charge in [-0.05, 0) is 78.6 Å². The molecule has 0 atom stereocenters. The minimum Gasteiger partial charge on any atom is -0.493 e. The zero-order chi connectivity index (χ0) is 24.6. The first-order valence-electron chi connectivity index (χ1n) is 11.8. The van der Waals surface area contributed by atoms with E-state index in [2.05, 4.69) is 86.3 Å². The first-order valence-corrected chi connectivity index (χ1v) is 13.4. The third-order valence-electron chi connectivity index (χ3n) is 6.55. The molecule has 0 heterocycles. The molecule has 0 spiro atoms. The molecule has 0 radical (unpaired) electrons. The van der Waals surface area contributed by atoms with E-state index in [0.717, 1.165) is 48.1 Å². The Hall–Kier alpha value is -1.30. The number of benzene rings is 2. The van der Waals surface area contributed by atoms with Crippen LogP contribution < -0.4 is 15.4 Å². The Kier molecular flexibility index (Phi) is 10.5. The van der Waals surface area contributed by atoms with E-state index in [0.29, 0.717) is 16.7 Å². The summed E-state index contributed by atoms with van der Waals surface area (Å²) in [6, 6.07) is 12.4. The van der Waals surface area contributed by atoms with Crippen molar-refractivity contribution in [2.24, 2.45) is 0 Å². The Balaban J connectivity index is 1.86. The van der Waals surface area contributed by atoms with Crippen LogP contribution in [0.1, 0.15) is 78.4 Å². The summed E-state index contributed by atoms with van der Waals surface area (Å²) in [5.74, 6) is 1.01. The summed E-state index contributed by atoms with van der Waals surface area (Å²) in [7, 11) is 0. The van der Waals surface area contributed by atoms with Crippen LogP contribution in [-0.4, -0.2) is 18.3 Å². The molecule has 3 nitrogen and oxygen atoms in total. The van der Waals surface area contributed by atoms with Crippen LogP contribution in [0.4, 0.5) is 5.69 Å². The fourth-order valence-corrected chi connectivity index (χ4v) is 4.30. The number of hydrogen-bond donors (Lipinski definition) is 2. The molecule has 2 N–H and O–H groups in total. The molecule has 182 valence electrons. The lowest BCUT2D eigenvalue weighted by molar-refractivity contribution is 0.296. The molecule has 2 aromatic carbocycles. The van der Waals surface area contributed by atoms with E-state index in [9.17, 15) is 0 Å². The van der Waals surface area contributed by atoms with Crippen LogP contribution >= 0.6 is 39.7 Å². The smallest absolute Gasteiger partial charge is 0.170 e. The zero-order valence-electron chi connectivity index (χ0n) is 20.8. The van der Waals surface area contributed by atoms with Crippen LogP contribution in [0.25, 0.3) is 0 Å². The highest BCUT2D eigenvalue weighted by molar-refractivity contribution is 9.10. The van der Waals surface area contributed by atoms with Crippen molar-refractivity contribution in [1.82, 2.24) is 5.32 Å². The van der Waals surface area contributed by atoms with Crippen LogP contribution in [0.3, 0.4) is 0 Å². The molecule has 2 rings (SSSR count). The summed E-state index contributed by atoms with van der Waals surface area (Å²) >= 11 is 15.0. The Labute approximate surface area is 219 Å². The van der Waals surface area contributed by atoms with Gasteiger partial charge in [0.2, 0.25) is 0 Å². The molecule has 0 aliphatic carbocycles. The van der Waals surface area contributed by atoms with Crippen molar-refractivity contribution in [3.63, 3.8) is 0 Å². The summed E-state index contributed by atoms with van der Waals surface area (Å²) < 4.78 is 7.19. The lowest BCUT2D eigenvalue weighted by atomic mass is 9.76. The van der Waals surface area contributed by atoms with Crippen molar-refractivity contribution >= 4 is 50.5 Å². The third kappa shape index (κ3) is 8.15. The van der Waals surface area contributed by atoms with Crippen molar-refractivity contribution in [2.75, 3.05) is 18.5 Å². The molecular weight excluding hydrogens is 516 g/mol. The van der Waals surface area contributed by atoms with Crippen LogP contribution in [0.15, 0.2) is 40.9 Å². The minimum atomic E-state index is 0.0723. The molecule has 0 aliphatic rings. The van der Waals surface area contributed by atoms with Crippen LogP contribution in [0.5, 0.6) is 5.75 Å². The van der Waals surface area contributed by atoms with Gasteiger partial charge in [0.05, 0.1) is 17.3 Å². The van der Waals surface area contributed by atoms with Gasteiger partial charge < -0.3 is 15.4 Å². The number of unbranched alkanes of at least 4 members (excludes halogenated alkanes) is 1. The van der Waals surface area contributed by atoms with Gasteiger partial charge in [0.1, 0.15) is 5.75 Å². The normalized spacial score (nSPS) is 11.9. The Morgan fingerprint density at radius 1 is 1.00 bits per heavy atom. The van der Waals surface area contributed by atoms with Crippen molar-refractivity contribution in [2.45, 2.75) is 78.1 Å². The number of hydrogen-bond acceptors (Lipinski definition) is 2. The van der Waals surface area contributed by atoms with E-state index >= 15 is 0 Å². The molecule has 0 aliphatic heterocycles. The summed E-state index contributed by atoms with van der Waals surface area (Å²) in [6.45, 7) is 15.2. The van der Waals surface area contributed by atoms with E-state index in [4.69, 9.17) is 28.6 Å². The molecule has 6 heteroatoms. The number of anilines is 1. The molecule has 0 bridgehead atoms. The second kappa shape index (κ2) is 12.4. The SMILES string of the molecule is CCC(C)(C)c1ccc(OCCCCNC(=S)Nc2ccc(Br)cc2Cl)c(C(C)(C)CC)c1. The van der Waals surface area contributed by atoms with Gasteiger partial charge in [-0.1, -0.05) is 81.2 Å². The van der Waals surface area contributed by atoms with E-state index < -0.39 is 0 Å². The average molecular weight is 554 g/mol. The fourth-order valence-electron chi connectivity index (χ4n) is 3.37. The predicted molar refractivity (Wildman–Crippen MR) is 151 cm³/mol. The lowest BCUT2D eigenvalue weighted by Crippen LogP contribution is -2.29. The van der Waals surface area contributed by atoms with Gasteiger partial charge >= 0.3 is 0 Å². The minimum absolute atomic E-state index is 0.0723. The summed E-state index contributed by atoms with van der Waals surface area (Å²) in [5, 5.41) is 7.58. The summed E-state index contributed by atoms with van der Waals surface area (Å²) in [4.78, 5) is 0. The molecule has 0 aromatic heterocycles. The molecule has 0 saturated heterocycles. The summed E-state index contributed by atoms with van der Waals surface area (Å²) in [5.41, 5.74) is 3.71. The maximum Gasteiger partial charge on any atom is 0.170 e. The lowest BCUT2D eigenvalue weighted by Gasteiger charge is -2.30. The third-order valence-corrected chi connectivity index (χ3v) is 7.60. The van der Waals surface area contributed by atoms with Gasteiger partial charge in [-0.3, -0.25) is 0 Å². The maximum absolute atomic E-state index is 6.26. The largest absolute Gasteiger partial charge is 0.493 e. The van der Waals surface area contributed by atoms with Crippen molar-refractivity contribution in [1.29, 1.82) is 0 Å². The first kappa shape index (κ1) is 27.9. The molecule has 0 saturated carbocycles. The number of ether oxygens (including phenoxy) is 1.